The summed E-state index contributed by atoms with van der Waals surface area (Å²) in [6, 6.07) is 15.7. The van der Waals surface area contributed by atoms with E-state index < -0.39 is 0 Å². The summed E-state index contributed by atoms with van der Waals surface area (Å²) in [5.41, 5.74) is 7.44. The van der Waals surface area contributed by atoms with Crippen LogP contribution in [0.5, 0.6) is 0 Å². The third kappa shape index (κ3) is 1.07. The zero-order chi connectivity index (χ0) is 12.3. The molecule has 0 aromatic heterocycles. The van der Waals surface area contributed by atoms with E-state index in [1.165, 1.54) is 34.5 Å². The van der Waals surface area contributed by atoms with E-state index >= 15 is 0 Å². The molecule has 18 heavy (non-hydrogen) atoms. The molecule has 0 atom stereocenters. The van der Waals surface area contributed by atoms with Gasteiger partial charge in [-0.3, -0.25) is 0 Å². The molecule has 2 aromatic carbocycles. The van der Waals surface area contributed by atoms with Crippen LogP contribution < -0.4 is 4.90 Å². The van der Waals surface area contributed by atoms with E-state index in [-0.39, 0.29) is 5.41 Å². The first kappa shape index (κ1) is 10.2. The predicted molar refractivity (Wildman–Crippen MR) is 75.7 cm³/mol. The summed E-state index contributed by atoms with van der Waals surface area (Å²) in [5, 5.41) is 0. The van der Waals surface area contributed by atoms with E-state index in [1.807, 2.05) is 0 Å². The molecular formula is C17H17N. The summed E-state index contributed by atoms with van der Waals surface area (Å²) >= 11 is 0. The summed E-state index contributed by atoms with van der Waals surface area (Å²) in [4.78, 5) is 2.51. The number of para-hydroxylation sites is 2. The lowest BCUT2D eigenvalue weighted by Gasteiger charge is -2.40. The maximum Gasteiger partial charge on any atom is 0.0485 e. The molecule has 0 amide bonds. The van der Waals surface area contributed by atoms with Gasteiger partial charge in [-0.1, -0.05) is 50.2 Å². The van der Waals surface area contributed by atoms with Crippen molar-refractivity contribution < 1.29 is 0 Å². The zero-order valence-electron chi connectivity index (χ0n) is 10.9. The van der Waals surface area contributed by atoms with Crippen LogP contribution >= 0.6 is 0 Å². The first-order chi connectivity index (χ1) is 8.69. The van der Waals surface area contributed by atoms with Gasteiger partial charge in [0.1, 0.15) is 0 Å². The minimum atomic E-state index is 0.114. The summed E-state index contributed by atoms with van der Waals surface area (Å²) in [7, 11) is 0. The van der Waals surface area contributed by atoms with Crippen LogP contribution in [0.2, 0.25) is 0 Å². The maximum absolute atomic E-state index is 2.51. The smallest absolute Gasteiger partial charge is 0.0485 e. The first-order valence-corrected chi connectivity index (χ1v) is 6.69. The number of rotatable bonds is 0. The Bertz CT molecular complexity index is 640. The molecule has 0 unspecified atom stereocenters. The fourth-order valence-electron chi connectivity index (χ4n) is 3.58. The van der Waals surface area contributed by atoms with E-state index in [0.29, 0.717) is 0 Å². The quantitative estimate of drug-likeness (QED) is 0.666. The van der Waals surface area contributed by atoms with Crippen LogP contribution in [-0.4, -0.2) is 6.54 Å². The molecule has 0 fully saturated rings. The zero-order valence-corrected chi connectivity index (χ0v) is 10.9. The van der Waals surface area contributed by atoms with E-state index in [4.69, 9.17) is 0 Å². The Morgan fingerprint density at radius 2 is 1.72 bits per heavy atom. The maximum atomic E-state index is 2.51. The number of anilines is 2. The Kier molecular flexibility index (Phi) is 1.79. The summed E-state index contributed by atoms with van der Waals surface area (Å²) in [6.07, 6.45) is 1.17. The van der Waals surface area contributed by atoms with Crippen LogP contribution in [0.1, 0.15) is 30.5 Å². The number of benzene rings is 2. The van der Waals surface area contributed by atoms with Crippen molar-refractivity contribution in [1.29, 1.82) is 0 Å². The summed E-state index contributed by atoms with van der Waals surface area (Å²) in [6.45, 7) is 5.81. The van der Waals surface area contributed by atoms with Gasteiger partial charge in [-0.2, -0.15) is 0 Å². The molecule has 2 aliphatic heterocycles. The van der Waals surface area contributed by atoms with Gasteiger partial charge >= 0.3 is 0 Å². The van der Waals surface area contributed by atoms with Crippen LogP contribution in [0.3, 0.4) is 0 Å². The number of hydrogen-bond donors (Lipinski definition) is 0. The lowest BCUT2D eigenvalue weighted by atomic mass is 9.73. The van der Waals surface area contributed by atoms with Crippen LogP contribution in [0, 0.1) is 0 Å². The third-order valence-electron chi connectivity index (χ3n) is 4.54. The number of fused-ring (bicyclic) bond motifs is 2. The fraction of sp³-hybridized carbons (Fsp3) is 0.294. The van der Waals surface area contributed by atoms with Crippen molar-refractivity contribution in [3.8, 4) is 0 Å². The Morgan fingerprint density at radius 1 is 0.944 bits per heavy atom. The Morgan fingerprint density at radius 3 is 2.61 bits per heavy atom. The molecule has 0 radical (unpaired) electrons. The van der Waals surface area contributed by atoms with Crippen molar-refractivity contribution in [3.63, 3.8) is 0 Å². The first-order valence-electron chi connectivity index (χ1n) is 6.69. The van der Waals surface area contributed by atoms with Crippen molar-refractivity contribution >= 4 is 11.4 Å². The summed E-state index contributed by atoms with van der Waals surface area (Å²) in [5.74, 6) is 0. The molecule has 2 aromatic rings. The van der Waals surface area contributed by atoms with Crippen LogP contribution in [0.15, 0.2) is 42.5 Å². The lowest BCUT2D eigenvalue weighted by molar-refractivity contribution is 0.629. The van der Waals surface area contributed by atoms with Gasteiger partial charge in [-0.25, -0.2) is 0 Å². The number of hydrogen-bond acceptors (Lipinski definition) is 1. The molecule has 0 saturated heterocycles. The second-order valence-corrected chi connectivity index (χ2v) is 5.86. The average Bonchev–Trinajstić information content (AvgIpc) is 2.81. The fourth-order valence-corrected chi connectivity index (χ4v) is 3.58. The van der Waals surface area contributed by atoms with Gasteiger partial charge in [-0.05, 0) is 29.2 Å². The van der Waals surface area contributed by atoms with E-state index in [1.54, 1.807) is 0 Å². The highest BCUT2D eigenvalue weighted by Gasteiger charge is 2.38. The molecule has 1 heteroatoms. The van der Waals surface area contributed by atoms with Crippen molar-refractivity contribution in [2.75, 3.05) is 11.4 Å². The third-order valence-corrected chi connectivity index (χ3v) is 4.54. The molecule has 0 spiro atoms. The van der Waals surface area contributed by atoms with Gasteiger partial charge < -0.3 is 4.90 Å². The molecule has 0 saturated carbocycles. The standard InChI is InChI=1S/C17H17N/c1-17(2)13-7-3-4-9-15(13)18-11-10-12-6-5-8-14(17)16(12)18/h3-9H,10-11H2,1-2H3. The highest BCUT2D eigenvalue weighted by Crippen LogP contribution is 2.51. The van der Waals surface area contributed by atoms with Crippen molar-refractivity contribution in [2.45, 2.75) is 25.7 Å². The van der Waals surface area contributed by atoms with Gasteiger partial charge in [-0.15, -0.1) is 0 Å². The van der Waals surface area contributed by atoms with E-state index in [2.05, 4.69) is 61.2 Å². The van der Waals surface area contributed by atoms with Gasteiger partial charge in [0.2, 0.25) is 0 Å². The Hall–Kier alpha value is -1.76. The van der Waals surface area contributed by atoms with Crippen molar-refractivity contribution in [2.24, 2.45) is 0 Å². The second kappa shape index (κ2) is 3.17. The predicted octanol–water partition coefficient (Wildman–Crippen LogP) is 4.02. The van der Waals surface area contributed by atoms with Crippen LogP contribution in [-0.2, 0) is 11.8 Å². The number of nitrogens with zero attached hydrogens (tertiary/aromatic N) is 1. The molecular weight excluding hydrogens is 218 g/mol. The SMILES string of the molecule is CC1(C)c2ccccc2N2CCc3cccc1c32. The minimum absolute atomic E-state index is 0.114. The second-order valence-electron chi connectivity index (χ2n) is 5.86. The van der Waals surface area contributed by atoms with Gasteiger partial charge in [0, 0.05) is 23.3 Å². The monoisotopic (exact) mass is 235 g/mol. The van der Waals surface area contributed by atoms with E-state index in [9.17, 15) is 0 Å². The Labute approximate surface area is 108 Å². The van der Waals surface area contributed by atoms with Gasteiger partial charge in [0.05, 0.1) is 0 Å². The minimum Gasteiger partial charge on any atom is -0.340 e. The van der Waals surface area contributed by atoms with Crippen molar-refractivity contribution in [1.82, 2.24) is 0 Å². The van der Waals surface area contributed by atoms with Gasteiger partial charge in [0.25, 0.3) is 0 Å². The molecule has 4 rings (SSSR count). The molecule has 90 valence electrons. The molecule has 0 N–H and O–H groups in total. The van der Waals surface area contributed by atoms with E-state index in [0.717, 1.165) is 6.54 Å². The molecule has 0 aliphatic carbocycles. The molecule has 2 aliphatic rings. The topological polar surface area (TPSA) is 3.24 Å². The Balaban J connectivity index is 2.10. The lowest BCUT2D eigenvalue weighted by Crippen LogP contribution is -2.31. The van der Waals surface area contributed by atoms with Crippen LogP contribution in [0.25, 0.3) is 0 Å². The van der Waals surface area contributed by atoms with Crippen molar-refractivity contribution in [3.05, 3.63) is 59.2 Å². The van der Waals surface area contributed by atoms with Crippen LogP contribution in [0.4, 0.5) is 11.4 Å². The highest BCUT2D eigenvalue weighted by atomic mass is 15.2. The molecule has 2 heterocycles. The van der Waals surface area contributed by atoms with Gasteiger partial charge in [0.15, 0.2) is 0 Å². The highest BCUT2D eigenvalue weighted by molar-refractivity contribution is 5.81. The molecule has 0 bridgehead atoms. The summed E-state index contributed by atoms with van der Waals surface area (Å²) < 4.78 is 0. The largest absolute Gasteiger partial charge is 0.340 e. The average molecular weight is 235 g/mol. The normalized spacial score (nSPS) is 18.4. The molecule has 1 nitrogen and oxygen atoms in total.